The standard InChI is InChI=1S/C11H16O4/c1-8(2)10-4-6-11(7-5-10,15-14-10)9(12)13-3/h4,6,8H,5,7H2,1-3H3. The van der Waals surface area contributed by atoms with Crippen LogP contribution in [0, 0.1) is 5.92 Å². The second kappa shape index (κ2) is 3.32. The maximum Gasteiger partial charge on any atom is 0.345 e. The molecule has 1 aliphatic carbocycles. The lowest BCUT2D eigenvalue weighted by Gasteiger charge is -2.47. The van der Waals surface area contributed by atoms with Crippen molar-refractivity contribution in [3.63, 3.8) is 0 Å². The lowest BCUT2D eigenvalue weighted by molar-refractivity contribution is -0.426. The van der Waals surface area contributed by atoms with Crippen molar-refractivity contribution < 1.29 is 19.3 Å². The molecule has 0 aromatic carbocycles. The van der Waals surface area contributed by atoms with Crippen molar-refractivity contribution in [2.45, 2.75) is 37.9 Å². The zero-order valence-electron chi connectivity index (χ0n) is 9.28. The Kier molecular flexibility index (Phi) is 2.35. The number of esters is 1. The summed E-state index contributed by atoms with van der Waals surface area (Å²) in [5, 5.41) is 0. The molecule has 3 rings (SSSR count). The van der Waals surface area contributed by atoms with Gasteiger partial charge in [0, 0.05) is 0 Å². The molecular formula is C11H16O4. The van der Waals surface area contributed by atoms with Crippen LogP contribution < -0.4 is 0 Å². The largest absolute Gasteiger partial charge is 0.467 e. The summed E-state index contributed by atoms with van der Waals surface area (Å²) in [6.45, 7) is 4.15. The van der Waals surface area contributed by atoms with Crippen molar-refractivity contribution in [1.29, 1.82) is 0 Å². The number of hydrogen-bond acceptors (Lipinski definition) is 4. The first kappa shape index (κ1) is 10.6. The Morgan fingerprint density at radius 3 is 2.40 bits per heavy atom. The third-order valence-electron chi connectivity index (χ3n) is 3.38. The predicted molar refractivity (Wildman–Crippen MR) is 52.9 cm³/mol. The van der Waals surface area contributed by atoms with Gasteiger partial charge in [0.05, 0.1) is 7.11 Å². The van der Waals surface area contributed by atoms with E-state index in [1.165, 1.54) is 7.11 Å². The fourth-order valence-electron chi connectivity index (χ4n) is 2.07. The van der Waals surface area contributed by atoms with Gasteiger partial charge in [0.1, 0.15) is 5.60 Å². The smallest absolute Gasteiger partial charge is 0.345 e. The van der Waals surface area contributed by atoms with E-state index in [9.17, 15) is 4.79 Å². The third kappa shape index (κ3) is 1.40. The number of carbonyl (C=O) groups is 1. The lowest BCUT2D eigenvalue weighted by Crippen LogP contribution is -2.55. The summed E-state index contributed by atoms with van der Waals surface area (Å²) in [7, 11) is 1.35. The zero-order chi connectivity index (χ0) is 11.1. The quantitative estimate of drug-likeness (QED) is 0.396. The summed E-state index contributed by atoms with van der Waals surface area (Å²) in [6, 6.07) is 0. The molecule has 1 saturated heterocycles. The van der Waals surface area contributed by atoms with Gasteiger partial charge in [0.15, 0.2) is 0 Å². The van der Waals surface area contributed by atoms with Crippen LogP contribution in [0.5, 0.6) is 0 Å². The number of hydrogen-bond donors (Lipinski definition) is 0. The Morgan fingerprint density at radius 2 is 2.07 bits per heavy atom. The van der Waals surface area contributed by atoms with Gasteiger partial charge in [-0.1, -0.05) is 13.8 Å². The molecule has 0 radical (unpaired) electrons. The van der Waals surface area contributed by atoms with Crippen LogP contribution in [0.25, 0.3) is 0 Å². The van der Waals surface area contributed by atoms with Crippen LogP contribution >= 0.6 is 0 Å². The summed E-state index contributed by atoms with van der Waals surface area (Å²) in [5.74, 6) is -0.0690. The SMILES string of the molecule is COC(=O)C12C=CC(C(C)C)(CC1)OO2. The van der Waals surface area contributed by atoms with Gasteiger partial charge in [-0.3, -0.25) is 0 Å². The number of rotatable bonds is 2. The van der Waals surface area contributed by atoms with Crippen molar-refractivity contribution in [2.24, 2.45) is 5.92 Å². The molecule has 2 atom stereocenters. The van der Waals surface area contributed by atoms with Crippen LogP contribution in [-0.4, -0.2) is 24.3 Å². The summed E-state index contributed by atoms with van der Waals surface area (Å²) in [4.78, 5) is 22.1. The maximum atomic E-state index is 11.5. The number of ether oxygens (including phenoxy) is 1. The van der Waals surface area contributed by atoms with Gasteiger partial charge in [-0.25, -0.2) is 14.6 Å². The van der Waals surface area contributed by atoms with Gasteiger partial charge in [-0.2, -0.15) is 0 Å². The van der Waals surface area contributed by atoms with Crippen molar-refractivity contribution in [2.75, 3.05) is 7.11 Å². The number of methoxy groups -OCH3 is 1. The van der Waals surface area contributed by atoms with E-state index in [1.54, 1.807) is 6.08 Å². The summed E-state index contributed by atoms with van der Waals surface area (Å²) in [5.41, 5.74) is -1.37. The van der Waals surface area contributed by atoms with E-state index in [0.717, 1.165) is 6.42 Å². The zero-order valence-corrected chi connectivity index (χ0v) is 9.28. The first-order chi connectivity index (χ1) is 7.05. The molecule has 4 heteroatoms. The average molecular weight is 212 g/mol. The highest BCUT2D eigenvalue weighted by Gasteiger charge is 2.54. The Morgan fingerprint density at radius 1 is 1.33 bits per heavy atom. The van der Waals surface area contributed by atoms with Gasteiger partial charge in [-0.15, -0.1) is 0 Å². The lowest BCUT2D eigenvalue weighted by atomic mass is 9.75. The molecule has 2 bridgehead atoms. The molecular weight excluding hydrogens is 196 g/mol. The molecule has 0 amide bonds. The van der Waals surface area contributed by atoms with Crippen molar-refractivity contribution >= 4 is 5.97 Å². The summed E-state index contributed by atoms with van der Waals surface area (Å²) in [6.07, 6.45) is 5.11. The highest BCUT2D eigenvalue weighted by Crippen LogP contribution is 2.44. The third-order valence-corrected chi connectivity index (χ3v) is 3.38. The van der Waals surface area contributed by atoms with Crippen LogP contribution in [-0.2, 0) is 19.3 Å². The van der Waals surface area contributed by atoms with Crippen molar-refractivity contribution in [1.82, 2.24) is 0 Å². The molecule has 0 aromatic heterocycles. The fraction of sp³-hybridized carbons (Fsp3) is 0.727. The van der Waals surface area contributed by atoms with Crippen molar-refractivity contribution in [3.05, 3.63) is 12.2 Å². The molecule has 0 saturated carbocycles. The molecule has 2 aliphatic heterocycles. The van der Waals surface area contributed by atoms with E-state index in [-0.39, 0.29) is 5.60 Å². The molecule has 0 aromatic rings. The minimum Gasteiger partial charge on any atom is -0.467 e. The van der Waals surface area contributed by atoms with E-state index in [2.05, 4.69) is 13.8 Å². The second-order valence-corrected chi connectivity index (χ2v) is 4.49. The fourth-order valence-corrected chi connectivity index (χ4v) is 2.07. The first-order valence-corrected chi connectivity index (χ1v) is 5.20. The van der Waals surface area contributed by atoms with Gasteiger partial charge in [-0.05, 0) is 30.9 Å². The normalized spacial score (nSPS) is 38.4. The van der Waals surface area contributed by atoms with Crippen LogP contribution in [0.2, 0.25) is 0 Å². The van der Waals surface area contributed by atoms with Gasteiger partial charge < -0.3 is 4.74 Å². The number of fused-ring (bicyclic) bond motifs is 2. The predicted octanol–water partition coefficient (Wildman–Crippen LogP) is 1.60. The van der Waals surface area contributed by atoms with Crippen LogP contribution in [0.3, 0.4) is 0 Å². The molecule has 0 spiro atoms. The highest BCUT2D eigenvalue weighted by atomic mass is 17.2. The van der Waals surface area contributed by atoms with Gasteiger partial charge in [0.2, 0.25) is 5.60 Å². The summed E-state index contributed by atoms with van der Waals surface area (Å²) < 4.78 is 4.71. The Bertz CT molecular complexity index is 298. The van der Waals surface area contributed by atoms with Gasteiger partial charge >= 0.3 is 5.97 Å². The van der Waals surface area contributed by atoms with E-state index < -0.39 is 11.6 Å². The van der Waals surface area contributed by atoms with Gasteiger partial charge in [0.25, 0.3) is 0 Å². The maximum absolute atomic E-state index is 11.5. The Hall–Kier alpha value is -0.870. The Labute approximate surface area is 89.1 Å². The highest BCUT2D eigenvalue weighted by molar-refractivity contribution is 5.82. The average Bonchev–Trinajstić information content (AvgIpc) is 2.30. The van der Waals surface area contributed by atoms with Crippen LogP contribution in [0.1, 0.15) is 26.7 Å². The minimum absolute atomic E-state index is 0.324. The van der Waals surface area contributed by atoms with E-state index in [1.807, 2.05) is 6.08 Å². The van der Waals surface area contributed by atoms with E-state index in [4.69, 9.17) is 14.5 Å². The molecule has 84 valence electrons. The topological polar surface area (TPSA) is 44.8 Å². The Balaban J connectivity index is 2.27. The van der Waals surface area contributed by atoms with Crippen LogP contribution in [0.15, 0.2) is 12.2 Å². The molecule has 3 aliphatic rings. The molecule has 4 nitrogen and oxygen atoms in total. The molecule has 2 unspecified atom stereocenters. The van der Waals surface area contributed by atoms with E-state index >= 15 is 0 Å². The van der Waals surface area contributed by atoms with Crippen molar-refractivity contribution in [3.8, 4) is 0 Å². The second-order valence-electron chi connectivity index (χ2n) is 4.49. The molecule has 15 heavy (non-hydrogen) atoms. The molecule has 1 fully saturated rings. The molecule has 2 heterocycles. The molecule has 0 N–H and O–H groups in total. The summed E-state index contributed by atoms with van der Waals surface area (Å²) >= 11 is 0. The van der Waals surface area contributed by atoms with Crippen LogP contribution in [0.4, 0.5) is 0 Å². The first-order valence-electron chi connectivity index (χ1n) is 5.20. The monoisotopic (exact) mass is 212 g/mol. The minimum atomic E-state index is -1.01. The van der Waals surface area contributed by atoms with E-state index in [0.29, 0.717) is 12.3 Å². The number of carbonyl (C=O) groups excluding carboxylic acids is 1.